The van der Waals surface area contributed by atoms with E-state index in [0.717, 1.165) is 30.9 Å². The fraction of sp³-hybridized carbons (Fsp3) is 0.250. The third-order valence-electron chi connectivity index (χ3n) is 3.83. The van der Waals surface area contributed by atoms with Gasteiger partial charge in [-0.1, -0.05) is 12.1 Å². The summed E-state index contributed by atoms with van der Waals surface area (Å²) in [7, 11) is 0. The van der Waals surface area contributed by atoms with Gasteiger partial charge in [-0.25, -0.2) is 14.2 Å². The Hall–Kier alpha value is -2.43. The zero-order chi connectivity index (χ0) is 14.8. The zero-order valence-electron chi connectivity index (χ0n) is 11.4. The minimum atomic E-state index is -0.979. The molecule has 0 saturated carbocycles. The number of rotatable bonds is 3. The van der Waals surface area contributed by atoms with E-state index < -0.39 is 5.97 Å². The minimum absolute atomic E-state index is 0.180. The summed E-state index contributed by atoms with van der Waals surface area (Å²) in [5.41, 5.74) is 1.18. The third kappa shape index (κ3) is 2.86. The van der Waals surface area contributed by atoms with E-state index in [1.807, 2.05) is 6.07 Å². The van der Waals surface area contributed by atoms with E-state index in [2.05, 4.69) is 9.88 Å². The molecule has 0 bridgehead atoms. The molecule has 5 heteroatoms. The smallest absolute Gasteiger partial charge is 0.337 e. The summed E-state index contributed by atoms with van der Waals surface area (Å²) in [4.78, 5) is 17.1. The number of aromatic carboxylic acids is 1. The number of hydrogen-bond donors (Lipinski definition) is 1. The molecule has 0 spiro atoms. The summed E-state index contributed by atoms with van der Waals surface area (Å²) in [5.74, 6) is -0.149. The summed E-state index contributed by atoms with van der Waals surface area (Å²) in [6.45, 7) is 1.60. The highest BCUT2D eigenvalue weighted by molar-refractivity contribution is 5.87. The van der Waals surface area contributed by atoms with Crippen molar-refractivity contribution < 1.29 is 14.3 Å². The van der Waals surface area contributed by atoms with Crippen LogP contribution in [0.15, 0.2) is 42.6 Å². The fourth-order valence-corrected chi connectivity index (χ4v) is 2.70. The van der Waals surface area contributed by atoms with Crippen molar-refractivity contribution in [1.82, 2.24) is 4.98 Å². The van der Waals surface area contributed by atoms with Crippen molar-refractivity contribution >= 4 is 11.8 Å². The molecule has 1 aliphatic heterocycles. The van der Waals surface area contributed by atoms with Gasteiger partial charge in [-0.2, -0.15) is 0 Å². The average molecular weight is 286 g/mol. The topological polar surface area (TPSA) is 53.4 Å². The lowest BCUT2D eigenvalue weighted by Crippen LogP contribution is -2.20. The summed E-state index contributed by atoms with van der Waals surface area (Å²) in [6, 6.07) is 9.97. The molecule has 1 aromatic carbocycles. The van der Waals surface area contributed by atoms with Crippen molar-refractivity contribution in [2.75, 3.05) is 18.0 Å². The molecule has 3 rings (SSSR count). The number of benzene rings is 1. The van der Waals surface area contributed by atoms with Gasteiger partial charge in [-0.3, -0.25) is 0 Å². The maximum absolute atomic E-state index is 13.3. The molecular weight excluding hydrogens is 271 g/mol. The largest absolute Gasteiger partial charge is 0.478 e. The Labute approximate surface area is 121 Å². The Morgan fingerprint density at radius 1 is 1.33 bits per heavy atom. The van der Waals surface area contributed by atoms with E-state index in [-0.39, 0.29) is 17.3 Å². The Balaban J connectivity index is 1.73. The number of nitrogens with zero attached hydrogens (tertiary/aromatic N) is 2. The lowest BCUT2D eigenvalue weighted by molar-refractivity contribution is 0.0696. The van der Waals surface area contributed by atoms with Crippen molar-refractivity contribution in [3.05, 3.63) is 59.5 Å². The number of pyridine rings is 1. The van der Waals surface area contributed by atoms with E-state index in [1.54, 1.807) is 24.3 Å². The molecule has 1 aliphatic rings. The number of carboxylic acid groups (broad SMARTS) is 1. The first-order valence-electron chi connectivity index (χ1n) is 6.83. The van der Waals surface area contributed by atoms with Crippen LogP contribution in [-0.4, -0.2) is 29.1 Å². The first-order valence-corrected chi connectivity index (χ1v) is 6.83. The standard InChI is InChI=1S/C16H15FN2O2/c17-14-3-1-2-11(8-14)13-6-7-19(10-13)15-5-4-12(9-18-15)16(20)21/h1-5,8-9,13H,6-7,10H2,(H,20,21). The van der Waals surface area contributed by atoms with E-state index in [0.29, 0.717) is 0 Å². The normalized spacial score (nSPS) is 18.0. The number of halogens is 1. The van der Waals surface area contributed by atoms with Crippen molar-refractivity contribution in [2.24, 2.45) is 0 Å². The number of anilines is 1. The number of carboxylic acids is 1. The van der Waals surface area contributed by atoms with Gasteiger partial charge in [0.15, 0.2) is 0 Å². The first kappa shape index (κ1) is 13.5. The lowest BCUT2D eigenvalue weighted by Gasteiger charge is -2.17. The van der Waals surface area contributed by atoms with E-state index >= 15 is 0 Å². The number of carbonyl (C=O) groups is 1. The highest BCUT2D eigenvalue weighted by atomic mass is 19.1. The first-order chi connectivity index (χ1) is 10.1. The van der Waals surface area contributed by atoms with Crippen molar-refractivity contribution in [3.63, 3.8) is 0 Å². The van der Waals surface area contributed by atoms with Crippen molar-refractivity contribution in [3.8, 4) is 0 Å². The Morgan fingerprint density at radius 3 is 2.86 bits per heavy atom. The lowest BCUT2D eigenvalue weighted by atomic mass is 9.98. The van der Waals surface area contributed by atoms with E-state index in [4.69, 9.17) is 5.11 Å². The monoisotopic (exact) mass is 286 g/mol. The molecule has 1 N–H and O–H groups in total. The van der Waals surface area contributed by atoms with Crippen molar-refractivity contribution in [2.45, 2.75) is 12.3 Å². The predicted octanol–water partition coefficient (Wildman–Crippen LogP) is 2.91. The van der Waals surface area contributed by atoms with Crippen LogP contribution in [0, 0.1) is 5.82 Å². The molecule has 4 nitrogen and oxygen atoms in total. The molecule has 1 fully saturated rings. The predicted molar refractivity (Wildman–Crippen MR) is 77.2 cm³/mol. The molecule has 108 valence electrons. The van der Waals surface area contributed by atoms with Gasteiger partial charge in [-0.15, -0.1) is 0 Å². The van der Waals surface area contributed by atoms with Gasteiger partial charge in [0.05, 0.1) is 5.56 Å². The summed E-state index contributed by atoms with van der Waals surface area (Å²) in [5, 5.41) is 8.87. The molecular formula is C16H15FN2O2. The van der Waals surface area contributed by atoms with Crippen LogP contribution in [0.3, 0.4) is 0 Å². The van der Waals surface area contributed by atoms with Gasteiger partial charge in [0.1, 0.15) is 11.6 Å². The van der Waals surface area contributed by atoms with Crippen LogP contribution < -0.4 is 4.90 Å². The number of hydrogen-bond acceptors (Lipinski definition) is 3. The molecule has 0 aliphatic carbocycles. The zero-order valence-corrected chi connectivity index (χ0v) is 11.4. The fourth-order valence-electron chi connectivity index (χ4n) is 2.70. The maximum atomic E-state index is 13.3. The summed E-state index contributed by atoms with van der Waals surface area (Å²) in [6.07, 6.45) is 2.30. The minimum Gasteiger partial charge on any atom is -0.478 e. The molecule has 1 saturated heterocycles. The van der Waals surface area contributed by atoms with Gasteiger partial charge >= 0.3 is 5.97 Å². The van der Waals surface area contributed by atoms with Gasteiger partial charge in [0.25, 0.3) is 0 Å². The highest BCUT2D eigenvalue weighted by Gasteiger charge is 2.25. The van der Waals surface area contributed by atoms with Crippen molar-refractivity contribution in [1.29, 1.82) is 0 Å². The molecule has 2 aromatic rings. The van der Waals surface area contributed by atoms with E-state index in [1.165, 1.54) is 12.3 Å². The Kier molecular flexibility index (Phi) is 3.56. The van der Waals surface area contributed by atoms with Gasteiger partial charge in [-0.05, 0) is 36.2 Å². The number of aromatic nitrogens is 1. The van der Waals surface area contributed by atoms with Gasteiger partial charge < -0.3 is 10.0 Å². The van der Waals surface area contributed by atoms with Crippen LogP contribution >= 0.6 is 0 Å². The van der Waals surface area contributed by atoms with Gasteiger partial charge in [0.2, 0.25) is 0 Å². The summed E-state index contributed by atoms with van der Waals surface area (Å²) >= 11 is 0. The van der Waals surface area contributed by atoms with Crippen LogP contribution in [-0.2, 0) is 0 Å². The quantitative estimate of drug-likeness (QED) is 0.942. The second kappa shape index (κ2) is 5.52. The molecule has 0 radical (unpaired) electrons. The molecule has 2 heterocycles. The molecule has 0 amide bonds. The Bertz CT molecular complexity index is 658. The van der Waals surface area contributed by atoms with E-state index in [9.17, 15) is 9.18 Å². The van der Waals surface area contributed by atoms with Crippen LogP contribution in [0.1, 0.15) is 28.3 Å². The summed E-state index contributed by atoms with van der Waals surface area (Å²) < 4.78 is 13.3. The van der Waals surface area contributed by atoms with Crippen LogP contribution in [0.25, 0.3) is 0 Å². The molecule has 1 aromatic heterocycles. The van der Waals surface area contributed by atoms with Gasteiger partial charge in [0, 0.05) is 25.2 Å². The molecule has 1 atom stereocenters. The van der Waals surface area contributed by atoms with Crippen LogP contribution in [0.4, 0.5) is 10.2 Å². The average Bonchev–Trinajstić information content (AvgIpc) is 2.97. The SMILES string of the molecule is O=C(O)c1ccc(N2CCC(c3cccc(F)c3)C2)nc1. The second-order valence-corrected chi connectivity index (χ2v) is 5.20. The maximum Gasteiger partial charge on any atom is 0.337 e. The van der Waals surface area contributed by atoms with Crippen LogP contribution in [0.2, 0.25) is 0 Å². The molecule has 21 heavy (non-hydrogen) atoms. The second-order valence-electron chi connectivity index (χ2n) is 5.20. The van der Waals surface area contributed by atoms with Crippen LogP contribution in [0.5, 0.6) is 0 Å². The Morgan fingerprint density at radius 2 is 2.19 bits per heavy atom. The third-order valence-corrected chi connectivity index (χ3v) is 3.83. The molecule has 1 unspecified atom stereocenters. The highest BCUT2D eigenvalue weighted by Crippen LogP contribution is 2.30.